The summed E-state index contributed by atoms with van der Waals surface area (Å²) in [4.78, 5) is 17.0. The van der Waals surface area contributed by atoms with Crippen molar-refractivity contribution < 1.29 is 32.5 Å². The number of hydrogen-bond acceptors (Lipinski definition) is 5. The number of aromatic amines is 1. The number of para-hydroxylation sites is 1. The summed E-state index contributed by atoms with van der Waals surface area (Å²) in [6.45, 7) is 2.97. The van der Waals surface area contributed by atoms with Crippen molar-refractivity contribution in [3.63, 3.8) is 0 Å². The first-order valence-corrected chi connectivity index (χ1v) is 15.6. The van der Waals surface area contributed by atoms with Gasteiger partial charge in [-0.15, -0.1) is 0 Å². The molecule has 0 amide bonds. The zero-order valence-corrected chi connectivity index (χ0v) is 25.7. The summed E-state index contributed by atoms with van der Waals surface area (Å²) < 4.78 is 53.4. The normalized spacial score (nSPS) is 17.2. The third-order valence-electron chi connectivity index (χ3n) is 8.70. The molecule has 46 heavy (non-hydrogen) atoms. The molecule has 0 radical (unpaired) electrons. The number of carbonyl (C=O) groups excluding carboxylic acids is 1. The fraction of sp³-hybridized carbons (Fsp3) is 0.333. The van der Waals surface area contributed by atoms with Crippen LogP contribution in [0.4, 0.5) is 13.2 Å². The Morgan fingerprint density at radius 2 is 1.83 bits per heavy atom. The molecule has 0 aliphatic heterocycles. The van der Waals surface area contributed by atoms with Gasteiger partial charge in [-0.2, -0.15) is 5.10 Å². The summed E-state index contributed by atoms with van der Waals surface area (Å²) in [5.74, 6) is 0.300. The number of H-pyrrole nitrogens is 1. The maximum absolute atomic E-state index is 14.1. The van der Waals surface area contributed by atoms with Gasteiger partial charge in [0, 0.05) is 10.9 Å². The largest absolute Gasteiger partial charge is 0.487 e. The maximum atomic E-state index is 14.1. The monoisotopic (exact) mass is 631 g/mol. The molecule has 7 nitrogen and oxygen atoms in total. The van der Waals surface area contributed by atoms with Crippen LogP contribution in [0.3, 0.4) is 0 Å². The highest BCUT2D eigenvalue weighted by atomic mass is 19.3. The van der Waals surface area contributed by atoms with Gasteiger partial charge in [0.25, 0.3) is 6.43 Å². The van der Waals surface area contributed by atoms with Crippen molar-refractivity contribution in [3.05, 3.63) is 101 Å². The Kier molecular flexibility index (Phi) is 9.17. The van der Waals surface area contributed by atoms with E-state index in [1.165, 1.54) is 12.3 Å². The molecule has 0 bridgehead atoms. The van der Waals surface area contributed by atoms with E-state index in [4.69, 9.17) is 9.47 Å². The van der Waals surface area contributed by atoms with E-state index < -0.39 is 18.8 Å². The molecule has 0 spiro atoms. The van der Waals surface area contributed by atoms with Crippen molar-refractivity contribution in [2.24, 2.45) is 0 Å². The number of nitrogens with one attached hydrogen (secondary N) is 1. The molecule has 6 rings (SSSR count). The first kappa shape index (κ1) is 31.4. The van der Waals surface area contributed by atoms with Gasteiger partial charge in [0.05, 0.1) is 34.9 Å². The Bertz CT molecular complexity index is 1860. The first-order chi connectivity index (χ1) is 22.2. The molecule has 0 saturated heterocycles. The minimum Gasteiger partial charge on any atom is -0.487 e. The third-order valence-corrected chi connectivity index (χ3v) is 8.70. The third kappa shape index (κ3) is 6.67. The van der Waals surface area contributed by atoms with Gasteiger partial charge < -0.3 is 19.6 Å². The van der Waals surface area contributed by atoms with Crippen LogP contribution in [-0.2, 0) is 0 Å². The SMILES string of the molecule is Cc1cc(Oc2ccccc2F)ccc1-n1ncc(C(=O)c2cc3cc(OCC(F)F)c(C4CCCCC(O)CC4)cc3[nH]2)c1C. The molecule has 5 aromatic rings. The summed E-state index contributed by atoms with van der Waals surface area (Å²) in [7, 11) is 0. The second kappa shape index (κ2) is 13.4. The fourth-order valence-corrected chi connectivity index (χ4v) is 6.26. The number of rotatable bonds is 9. The number of aliphatic hydroxyl groups excluding tert-OH is 1. The number of halogens is 3. The highest BCUT2D eigenvalue weighted by Crippen LogP contribution is 2.39. The molecule has 1 saturated carbocycles. The molecule has 3 aromatic carbocycles. The van der Waals surface area contributed by atoms with E-state index >= 15 is 0 Å². The molecule has 2 unspecified atom stereocenters. The molecule has 1 aliphatic carbocycles. The van der Waals surface area contributed by atoms with Gasteiger partial charge in [-0.1, -0.05) is 25.0 Å². The number of aryl methyl sites for hydroxylation is 1. The lowest BCUT2D eigenvalue weighted by molar-refractivity contribution is 0.0810. The van der Waals surface area contributed by atoms with Gasteiger partial charge in [-0.3, -0.25) is 4.79 Å². The van der Waals surface area contributed by atoms with Crippen molar-refractivity contribution >= 4 is 16.7 Å². The maximum Gasteiger partial charge on any atom is 0.272 e. The number of carbonyl (C=O) groups is 1. The smallest absolute Gasteiger partial charge is 0.272 e. The predicted octanol–water partition coefficient (Wildman–Crippen LogP) is 8.58. The molecule has 1 aliphatic rings. The van der Waals surface area contributed by atoms with E-state index in [1.807, 2.05) is 19.9 Å². The number of nitrogens with zero attached hydrogens (tertiary/aromatic N) is 2. The van der Waals surface area contributed by atoms with Gasteiger partial charge in [0.1, 0.15) is 18.1 Å². The molecular weight excluding hydrogens is 595 g/mol. The second-order valence-corrected chi connectivity index (χ2v) is 11.9. The van der Waals surface area contributed by atoms with Crippen LogP contribution < -0.4 is 9.47 Å². The van der Waals surface area contributed by atoms with Crippen LogP contribution in [0.5, 0.6) is 17.2 Å². The molecular formula is C36H36F3N3O4. The van der Waals surface area contributed by atoms with Crippen LogP contribution >= 0.6 is 0 Å². The first-order valence-electron chi connectivity index (χ1n) is 15.6. The van der Waals surface area contributed by atoms with E-state index in [-0.39, 0.29) is 23.6 Å². The highest BCUT2D eigenvalue weighted by molar-refractivity contribution is 6.10. The molecule has 2 N–H and O–H groups in total. The number of ketones is 1. The number of aliphatic hydroxyl groups is 1. The van der Waals surface area contributed by atoms with Crippen molar-refractivity contribution in [3.8, 4) is 22.9 Å². The Morgan fingerprint density at radius 1 is 1.02 bits per heavy atom. The summed E-state index contributed by atoms with van der Waals surface area (Å²) in [6, 6.07) is 16.8. The second-order valence-electron chi connectivity index (χ2n) is 11.9. The lowest BCUT2D eigenvalue weighted by Gasteiger charge is -2.24. The summed E-state index contributed by atoms with van der Waals surface area (Å²) >= 11 is 0. The molecule has 2 heterocycles. The molecule has 10 heteroatoms. The molecule has 240 valence electrons. The summed E-state index contributed by atoms with van der Waals surface area (Å²) in [6.07, 6.45) is 3.35. The lowest BCUT2D eigenvalue weighted by Crippen LogP contribution is -2.14. The molecule has 1 fully saturated rings. The van der Waals surface area contributed by atoms with E-state index in [0.717, 1.165) is 48.9 Å². The topological polar surface area (TPSA) is 89.4 Å². The highest BCUT2D eigenvalue weighted by Gasteiger charge is 2.24. The van der Waals surface area contributed by atoms with Crippen molar-refractivity contribution in [2.75, 3.05) is 6.61 Å². The van der Waals surface area contributed by atoms with Crippen LogP contribution in [0.2, 0.25) is 0 Å². The number of alkyl halides is 2. The Hall–Kier alpha value is -4.57. The zero-order valence-electron chi connectivity index (χ0n) is 25.7. The lowest BCUT2D eigenvalue weighted by atomic mass is 9.84. The van der Waals surface area contributed by atoms with Crippen LogP contribution in [-0.4, -0.2) is 44.8 Å². The number of benzene rings is 3. The molecule has 2 aromatic heterocycles. The van der Waals surface area contributed by atoms with Gasteiger partial charge in [-0.05, 0) is 105 Å². The van der Waals surface area contributed by atoms with Crippen LogP contribution in [0, 0.1) is 19.7 Å². The summed E-state index contributed by atoms with van der Waals surface area (Å²) in [5.41, 5.74) is 4.44. The Labute approximate surface area is 265 Å². The fourth-order valence-electron chi connectivity index (χ4n) is 6.26. The number of aromatic nitrogens is 3. The van der Waals surface area contributed by atoms with Crippen molar-refractivity contribution in [1.82, 2.24) is 14.8 Å². The average Bonchev–Trinajstić information content (AvgIpc) is 3.62. The number of hydrogen-bond donors (Lipinski definition) is 2. The van der Waals surface area contributed by atoms with Crippen molar-refractivity contribution in [1.29, 1.82) is 0 Å². The van der Waals surface area contributed by atoms with E-state index in [2.05, 4.69) is 10.1 Å². The standard InChI is InChI=1S/C36H36F3N3O4/c1-21-15-26(46-33-10-6-5-9-29(33)37)13-14-32(21)42-22(2)28(19-40-42)36(44)31-16-24-17-34(45-20-35(38)39)27(18-30(24)41-31)23-7-3-4-8-25(43)12-11-23/h5-6,9-10,13-19,23,25,35,41,43H,3-4,7-8,11-12,20H2,1-2H3. The van der Waals surface area contributed by atoms with Gasteiger partial charge in [0.2, 0.25) is 5.78 Å². The van der Waals surface area contributed by atoms with E-state index in [1.54, 1.807) is 53.2 Å². The predicted molar refractivity (Wildman–Crippen MR) is 169 cm³/mol. The number of fused-ring (bicyclic) bond motifs is 1. The minimum absolute atomic E-state index is 0.0432. The van der Waals surface area contributed by atoms with Crippen LogP contribution in [0.15, 0.2) is 66.9 Å². The van der Waals surface area contributed by atoms with Gasteiger partial charge in [0.15, 0.2) is 11.6 Å². The van der Waals surface area contributed by atoms with Crippen molar-refractivity contribution in [2.45, 2.75) is 70.8 Å². The summed E-state index contributed by atoms with van der Waals surface area (Å²) in [5, 5.41) is 15.4. The van der Waals surface area contributed by atoms with E-state index in [0.29, 0.717) is 45.8 Å². The Morgan fingerprint density at radius 3 is 2.61 bits per heavy atom. The van der Waals surface area contributed by atoms with Gasteiger partial charge in [-0.25, -0.2) is 17.9 Å². The average molecular weight is 632 g/mol. The van der Waals surface area contributed by atoms with Crippen LogP contribution in [0.1, 0.15) is 77.3 Å². The van der Waals surface area contributed by atoms with Gasteiger partial charge >= 0.3 is 0 Å². The quantitative estimate of drug-likeness (QED) is 0.159. The number of ether oxygens (including phenoxy) is 2. The zero-order chi connectivity index (χ0) is 32.4. The minimum atomic E-state index is -2.62. The van der Waals surface area contributed by atoms with Crippen LogP contribution in [0.25, 0.3) is 16.6 Å². The van der Waals surface area contributed by atoms with E-state index in [9.17, 15) is 23.1 Å². The Balaban J connectivity index is 1.28. The molecule has 2 atom stereocenters.